The number of carbonyl (C=O) groups is 1. The molecular weight excluding hydrogens is 356 g/mol. The molecule has 0 atom stereocenters. The van der Waals surface area contributed by atoms with Gasteiger partial charge in [0, 0.05) is 37.9 Å². The number of rotatable bonds is 6. The quantitative estimate of drug-likeness (QED) is 0.580. The smallest absolute Gasteiger partial charge is 0.184 e. The van der Waals surface area contributed by atoms with Crippen LogP contribution in [0.1, 0.15) is 19.3 Å². The number of allylic oxidation sites excluding steroid dienone is 6. The van der Waals surface area contributed by atoms with E-state index in [2.05, 4.69) is 24.3 Å². The maximum atomic E-state index is 12.8. The van der Waals surface area contributed by atoms with Crippen molar-refractivity contribution in [1.82, 2.24) is 0 Å². The van der Waals surface area contributed by atoms with Crippen LogP contribution in [-0.4, -0.2) is 19.9 Å². The Labute approximate surface area is 174 Å². The highest BCUT2D eigenvalue weighted by Gasteiger charge is 2.19. The minimum atomic E-state index is 0.162. The molecular formula is C26H28N2O. The number of hydrogen-bond acceptors (Lipinski definition) is 3. The highest BCUT2D eigenvalue weighted by molar-refractivity contribution is 6.09. The van der Waals surface area contributed by atoms with Gasteiger partial charge >= 0.3 is 0 Å². The average Bonchev–Trinajstić information content (AvgIpc) is 2.77. The summed E-state index contributed by atoms with van der Waals surface area (Å²) in [6.45, 7) is 0. The van der Waals surface area contributed by atoms with Crippen LogP contribution in [0.2, 0.25) is 0 Å². The molecule has 2 aromatic rings. The molecule has 1 fully saturated rings. The number of anilines is 2. The maximum absolute atomic E-state index is 12.8. The fourth-order valence-corrected chi connectivity index (χ4v) is 3.30. The number of ketones is 1. The van der Waals surface area contributed by atoms with Gasteiger partial charge < -0.3 is 9.80 Å². The zero-order chi connectivity index (χ0) is 20.5. The largest absolute Gasteiger partial charge is 0.351 e. The van der Waals surface area contributed by atoms with Crippen LogP contribution in [0.4, 0.5) is 11.4 Å². The monoisotopic (exact) mass is 384 g/mol. The Bertz CT molecular complexity index is 848. The van der Waals surface area contributed by atoms with Crippen LogP contribution >= 0.6 is 0 Å². The first-order valence-electron chi connectivity index (χ1n) is 10.0. The van der Waals surface area contributed by atoms with Gasteiger partial charge in [0.15, 0.2) is 5.78 Å². The fraction of sp³-hybridized carbons (Fsp3) is 0.192. The van der Waals surface area contributed by atoms with Gasteiger partial charge in [-0.2, -0.15) is 0 Å². The van der Waals surface area contributed by atoms with Crippen molar-refractivity contribution < 1.29 is 4.79 Å². The van der Waals surface area contributed by atoms with E-state index in [1.165, 1.54) is 0 Å². The number of hydrogen-bond donors (Lipinski definition) is 0. The van der Waals surface area contributed by atoms with Gasteiger partial charge in [-0.1, -0.05) is 48.6 Å². The van der Waals surface area contributed by atoms with Gasteiger partial charge in [0.05, 0.1) is 0 Å². The Balaban J connectivity index is 1.63. The molecule has 0 unspecified atom stereocenters. The molecule has 3 heteroatoms. The lowest BCUT2D eigenvalue weighted by molar-refractivity contribution is -0.113. The summed E-state index contributed by atoms with van der Waals surface area (Å²) in [6.07, 6.45) is 14.5. The summed E-state index contributed by atoms with van der Waals surface area (Å²) in [7, 11) is 4.01. The van der Waals surface area contributed by atoms with Crippen LogP contribution in [0, 0.1) is 0 Å². The Hall–Kier alpha value is -3.33. The number of nitrogens with zero attached hydrogens (tertiary/aromatic N) is 2. The first-order chi connectivity index (χ1) is 14.1. The summed E-state index contributed by atoms with van der Waals surface area (Å²) in [5.74, 6) is 0.162. The third-order valence-corrected chi connectivity index (χ3v) is 5.02. The van der Waals surface area contributed by atoms with Crippen LogP contribution in [0.5, 0.6) is 0 Å². The lowest BCUT2D eigenvalue weighted by Gasteiger charge is -2.16. The number of benzene rings is 2. The molecule has 0 spiro atoms. The van der Waals surface area contributed by atoms with Crippen molar-refractivity contribution in [3.8, 4) is 0 Å². The van der Waals surface area contributed by atoms with Gasteiger partial charge in [-0.3, -0.25) is 4.79 Å². The first-order valence-corrected chi connectivity index (χ1v) is 10.0. The Kier molecular flexibility index (Phi) is 7.23. The van der Waals surface area contributed by atoms with Crippen molar-refractivity contribution in [3.63, 3.8) is 0 Å². The summed E-state index contributed by atoms with van der Waals surface area (Å²) in [6, 6.07) is 20.3. The van der Waals surface area contributed by atoms with E-state index < -0.39 is 0 Å². The summed E-state index contributed by atoms with van der Waals surface area (Å²) >= 11 is 0. The maximum Gasteiger partial charge on any atom is 0.184 e. The van der Waals surface area contributed by atoms with E-state index >= 15 is 0 Å². The van der Waals surface area contributed by atoms with Crippen molar-refractivity contribution in [2.45, 2.75) is 19.3 Å². The van der Waals surface area contributed by atoms with Crippen molar-refractivity contribution in [1.29, 1.82) is 0 Å². The number of para-hydroxylation sites is 2. The Morgan fingerprint density at radius 3 is 1.52 bits per heavy atom. The van der Waals surface area contributed by atoms with E-state index in [1.54, 1.807) is 0 Å². The molecule has 0 bridgehead atoms. The third kappa shape index (κ3) is 5.82. The van der Waals surface area contributed by atoms with E-state index in [-0.39, 0.29) is 5.78 Å². The van der Waals surface area contributed by atoms with E-state index in [0.29, 0.717) is 0 Å². The molecule has 0 aromatic heterocycles. The molecule has 29 heavy (non-hydrogen) atoms. The van der Waals surface area contributed by atoms with Crippen LogP contribution in [0.3, 0.4) is 0 Å². The van der Waals surface area contributed by atoms with Gasteiger partial charge in [0.25, 0.3) is 0 Å². The van der Waals surface area contributed by atoms with Crippen molar-refractivity contribution in [2.24, 2.45) is 0 Å². The average molecular weight is 385 g/mol. The standard InChI is InChI=1S/C26H28N2O/c1-27(24-16-5-3-6-17-24)20-10-14-22-12-9-13-23(26(22)29)15-11-21-28(2)25-18-7-4-8-19-25/h3-8,10-11,14-21H,9,12-13H2,1-2H3/b20-10+,21-11+,22-14-,23-15+. The van der Waals surface area contributed by atoms with Crippen LogP contribution in [0.25, 0.3) is 0 Å². The molecule has 0 aliphatic heterocycles. The second-order valence-electron chi connectivity index (χ2n) is 7.14. The molecule has 3 nitrogen and oxygen atoms in total. The number of carbonyl (C=O) groups excluding carboxylic acids is 1. The van der Waals surface area contributed by atoms with E-state index in [1.807, 2.05) is 97.0 Å². The van der Waals surface area contributed by atoms with Crippen molar-refractivity contribution >= 4 is 17.2 Å². The highest BCUT2D eigenvalue weighted by Crippen LogP contribution is 2.25. The lowest BCUT2D eigenvalue weighted by Crippen LogP contribution is -2.12. The zero-order valence-electron chi connectivity index (χ0n) is 17.2. The third-order valence-electron chi connectivity index (χ3n) is 5.02. The lowest BCUT2D eigenvalue weighted by atomic mass is 9.88. The Morgan fingerprint density at radius 1 is 0.690 bits per heavy atom. The molecule has 0 heterocycles. The predicted octanol–water partition coefficient (Wildman–Crippen LogP) is 5.89. The summed E-state index contributed by atoms with van der Waals surface area (Å²) < 4.78 is 0. The second-order valence-corrected chi connectivity index (χ2v) is 7.14. The molecule has 3 rings (SSSR count). The predicted molar refractivity (Wildman–Crippen MR) is 123 cm³/mol. The van der Waals surface area contributed by atoms with E-state index in [0.717, 1.165) is 41.8 Å². The van der Waals surface area contributed by atoms with Crippen molar-refractivity contribution in [2.75, 3.05) is 23.9 Å². The molecule has 2 aromatic carbocycles. The van der Waals surface area contributed by atoms with Crippen LogP contribution < -0.4 is 9.80 Å². The van der Waals surface area contributed by atoms with Gasteiger partial charge in [-0.25, -0.2) is 0 Å². The minimum absolute atomic E-state index is 0.162. The fourth-order valence-electron chi connectivity index (χ4n) is 3.30. The summed E-state index contributed by atoms with van der Waals surface area (Å²) in [4.78, 5) is 16.9. The summed E-state index contributed by atoms with van der Waals surface area (Å²) in [5, 5.41) is 0. The summed E-state index contributed by atoms with van der Waals surface area (Å²) in [5.41, 5.74) is 3.99. The van der Waals surface area contributed by atoms with E-state index in [9.17, 15) is 4.79 Å². The Morgan fingerprint density at radius 2 is 1.10 bits per heavy atom. The number of Topliss-reactive ketones (excluding diaryl/α,β-unsaturated/α-hetero) is 1. The van der Waals surface area contributed by atoms with Crippen molar-refractivity contribution in [3.05, 3.63) is 109 Å². The molecule has 148 valence electrons. The van der Waals surface area contributed by atoms with Crippen LogP contribution in [0.15, 0.2) is 109 Å². The van der Waals surface area contributed by atoms with Gasteiger partial charge in [0.2, 0.25) is 0 Å². The minimum Gasteiger partial charge on any atom is -0.351 e. The SMILES string of the molecule is CN(/C=C/C=C1/CCC/C(=C\C=C\N(C)c2ccccc2)C1=O)c1ccccc1. The molecule has 1 aliphatic carbocycles. The zero-order valence-corrected chi connectivity index (χ0v) is 17.2. The highest BCUT2D eigenvalue weighted by atomic mass is 16.1. The molecule has 1 aliphatic rings. The molecule has 0 saturated heterocycles. The van der Waals surface area contributed by atoms with Crippen LogP contribution in [-0.2, 0) is 4.79 Å². The van der Waals surface area contributed by atoms with E-state index in [4.69, 9.17) is 0 Å². The normalized spacial score (nSPS) is 17.5. The molecule has 0 amide bonds. The molecule has 1 saturated carbocycles. The second kappa shape index (κ2) is 10.3. The van der Waals surface area contributed by atoms with Gasteiger partial charge in [-0.05, 0) is 66.8 Å². The molecule has 0 radical (unpaired) electrons. The first kappa shape index (κ1) is 20.4. The topological polar surface area (TPSA) is 23.6 Å². The van der Waals surface area contributed by atoms with Gasteiger partial charge in [0.1, 0.15) is 0 Å². The molecule has 0 N–H and O–H groups in total. The van der Waals surface area contributed by atoms with Gasteiger partial charge in [-0.15, -0.1) is 0 Å².